The molecule has 0 saturated carbocycles. The summed E-state index contributed by atoms with van der Waals surface area (Å²) in [6.07, 6.45) is 1.56. The molecule has 0 aliphatic carbocycles. The van der Waals surface area contributed by atoms with Crippen molar-refractivity contribution in [3.8, 4) is 0 Å². The first kappa shape index (κ1) is 11.6. The lowest BCUT2D eigenvalue weighted by Gasteiger charge is -2.23. The van der Waals surface area contributed by atoms with E-state index in [0.717, 1.165) is 25.1 Å². The maximum atomic E-state index is 10.5. The minimum atomic E-state index is -0.569. The number of β-amino-alcohol motifs (C(OH)–C–C–N with tert-alkyl or cyclic N) is 1. The number of hydrogen-bond donors (Lipinski definition) is 2. The van der Waals surface area contributed by atoms with Gasteiger partial charge in [-0.2, -0.15) is 0 Å². The summed E-state index contributed by atoms with van der Waals surface area (Å²) in [6.45, 7) is 2.27. The van der Waals surface area contributed by atoms with Crippen LogP contribution in [0.2, 0.25) is 0 Å². The third kappa shape index (κ3) is 2.43. The lowest BCUT2D eigenvalue weighted by atomic mass is 9.91. The maximum absolute atomic E-state index is 10.5. The zero-order valence-electron chi connectivity index (χ0n) is 9.82. The normalized spacial score (nSPS) is 26.2. The van der Waals surface area contributed by atoms with Gasteiger partial charge in [-0.25, -0.2) is 0 Å². The average Bonchev–Trinajstić information content (AvgIpc) is 2.59. The van der Waals surface area contributed by atoms with E-state index in [0.29, 0.717) is 13.0 Å². The van der Waals surface area contributed by atoms with Crippen molar-refractivity contribution in [3.05, 3.63) is 35.4 Å². The SMILES string of the molecule is CN1CCC(O)(Cc2ccccc2CN)C1. The van der Waals surface area contributed by atoms with E-state index in [2.05, 4.69) is 11.0 Å². The molecule has 1 aliphatic rings. The van der Waals surface area contributed by atoms with Crippen molar-refractivity contribution in [2.45, 2.75) is 25.0 Å². The summed E-state index contributed by atoms with van der Waals surface area (Å²) in [5.41, 5.74) is 7.46. The third-order valence-corrected chi connectivity index (χ3v) is 3.38. The molecule has 3 N–H and O–H groups in total. The second-order valence-corrected chi connectivity index (χ2v) is 4.86. The average molecular weight is 220 g/mol. The highest BCUT2D eigenvalue weighted by Crippen LogP contribution is 2.25. The number of likely N-dealkylation sites (tertiary alicyclic amines) is 1. The van der Waals surface area contributed by atoms with Gasteiger partial charge in [0.1, 0.15) is 0 Å². The van der Waals surface area contributed by atoms with Gasteiger partial charge in [0.2, 0.25) is 0 Å². The van der Waals surface area contributed by atoms with E-state index in [-0.39, 0.29) is 0 Å². The van der Waals surface area contributed by atoms with Crippen molar-refractivity contribution in [1.29, 1.82) is 0 Å². The molecule has 1 fully saturated rings. The van der Waals surface area contributed by atoms with E-state index in [1.807, 2.05) is 25.2 Å². The zero-order valence-corrected chi connectivity index (χ0v) is 9.82. The van der Waals surface area contributed by atoms with Gasteiger partial charge in [0.05, 0.1) is 5.60 Å². The number of hydrogen-bond acceptors (Lipinski definition) is 3. The van der Waals surface area contributed by atoms with Crippen molar-refractivity contribution >= 4 is 0 Å². The molecule has 0 bridgehead atoms. The standard InChI is InChI=1S/C13H20N2O/c1-15-7-6-13(16,10-15)8-11-4-2-3-5-12(11)9-14/h2-5,16H,6-10,14H2,1H3. The van der Waals surface area contributed by atoms with Gasteiger partial charge in [-0.05, 0) is 24.6 Å². The number of aliphatic hydroxyl groups is 1. The molecule has 3 heteroatoms. The molecule has 1 aliphatic heterocycles. The van der Waals surface area contributed by atoms with Gasteiger partial charge < -0.3 is 15.7 Å². The summed E-state index contributed by atoms with van der Waals surface area (Å²) in [7, 11) is 2.05. The first-order chi connectivity index (χ1) is 7.63. The number of benzene rings is 1. The Kier molecular flexibility index (Phi) is 3.28. The molecule has 0 spiro atoms. The molecule has 1 heterocycles. The van der Waals surface area contributed by atoms with Crippen molar-refractivity contribution in [3.63, 3.8) is 0 Å². The molecule has 16 heavy (non-hydrogen) atoms. The molecule has 1 saturated heterocycles. The molecule has 88 valence electrons. The highest BCUT2D eigenvalue weighted by atomic mass is 16.3. The first-order valence-electron chi connectivity index (χ1n) is 5.81. The Balaban J connectivity index is 2.14. The van der Waals surface area contributed by atoms with Crippen molar-refractivity contribution in [2.24, 2.45) is 5.73 Å². The van der Waals surface area contributed by atoms with Crippen molar-refractivity contribution in [1.82, 2.24) is 4.90 Å². The quantitative estimate of drug-likeness (QED) is 0.790. The summed E-state index contributed by atoms with van der Waals surface area (Å²) in [6, 6.07) is 8.11. The third-order valence-electron chi connectivity index (χ3n) is 3.38. The van der Waals surface area contributed by atoms with E-state index in [1.165, 1.54) is 5.56 Å². The van der Waals surface area contributed by atoms with Crippen LogP contribution in [-0.2, 0) is 13.0 Å². The molecule has 1 atom stereocenters. The molecule has 2 rings (SSSR count). The maximum Gasteiger partial charge on any atom is 0.0826 e. The summed E-state index contributed by atoms with van der Waals surface area (Å²) in [5, 5.41) is 10.5. The van der Waals surface area contributed by atoms with Gasteiger partial charge >= 0.3 is 0 Å². The molecule has 3 nitrogen and oxygen atoms in total. The van der Waals surface area contributed by atoms with Crippen LogP contribution in [0.15, 0.2) is 24.3 Å². The second-order valence-electron chi connectivity index (χ2n) is 4.86. The molecule has 1 unspecified atom stereocenters. The minimum Gasteiger partial charge on any atom is -0.388 e. The number of rotatable bonds is 3. The molecule has 1 aromatic carbocycles. The molecule has 1 aromatic rings. The molecular weight excluding hydrogens is 200 g/mol. The fraction of sp³-hybridized carbons (Fsp3) is 0.538. The van der Waals surface area contributed by atoms with Crippen LogP contribution in [-0.4, -0.2) is 35.7 Å². The van der Waals surface area contributed by atoms with Crippen LogP contribution in [0.4, 0.5) is 0 Å². The van der Waals surface area contributed by atoms with Crippen LogP contribution in [0, 0.1) is 0 Å². The van der Waals surface area contributed by atoms with Crippen LogP contribution in [0.5, 0.6) is 0 Å². The molecular formula is C13H20N2O. The number of nitrogens with two attached hydrogens (primary N) is 1. The molecule has 0 radical (unpaired) electrons. The zero-order chi connectivity index (χ0) is 11.6. The highest BCUT2D eigenvalue weighted by molar-refractivity contribution is 5.28. The van der Waals surface area contributed by atoms with Gasteiger partial charge in [-0.15, -0.1) is 0 Å². The smallest absolute Gasteiger partial charge is 0.0826 e. The van der Waals surface area contributed by atoms with Gasteiger partial charge in [-0.1, -0.05) is 24.3 Å². The minimum absolute atomic E-state index is 0.544. The van der Waals surface area contributed by atoms with Gasteiger partial charge in [-0.3, -0.25) is 0 Å². The second kappa shape index (κ2) is 4.53. The Labute approximate surface area is 96.9 Å². The molecule has 0 amide bonds. The number of likely N-dealkylation sites (N-methyl/N-ethyl adjacent to an activating group) is 1. The Morgan fingerprint density at radius 3 is 2.62 bits per heavy atom. The Morgan fingerprint density at radius 2 is 2.06 bits per heavy atom. The van der Waals surface area contributed by atoms with E-state index in [9.17, 15) is 5.11 Å². The van der Waals surface area contributed by atoms with E-state index < -0.39 is 5.60 Å². The Hall–Kier alpha value is -0.900. The van der Waals surface area contributed by atoms with Crippen LogP contribution < -0.4 is 5.73 Å². The predicted molar refractivity (Wildman–Crippen MR) is 65.1 cm³/mol. The summed E-state index contributed by atoms with van der Waals surface area (Å²) in [5.74, 6) is 0. The van der Waals surface area contributed by atoms with Crippen LogP contribution in [0.25, 0.3) is 0 Å². The van der Waals surface area contributed by atoms with Crippen molar-refractivity contribution < 1.29 is 5.11 Å². The van der Waals surface area contributed by atoms with Crippen molar-refractivity contribution in [2.75, 3.05) is 20.1 Å². The fourth-order valence-corrected chi connectivity index (χ4v) is 2.49. The summed E-state index contributed by atoms with van der Waals surface area (Å²) >= 11 is 0. The topological polar surface area (TPSA) is 49.5 Å². The van der Waals surface area contributed by atoms with Crippen LogP contribution >= 0.6 is 0 Å². The lowest BCUT2D eigenvalue weighted by Crippen LogP contribution is -2.34. The highest BCUT2D eigenvalue weighted by Gasteiger charge is 2.34. The van der Waals surface area contributed by atoms with Gasteiger partial charge in [0, 0.05) is 26.1 Å². The first-order valence-corrected chi connectivity index (χ1v) is 5.81. The number of nitrogens with zero attached hydrogens (tertiary/aromatic N) is 1. The fourth-order valence-electron chi connectivity index (χ4n) is 2.49. The Morgan fingerprint density at radius 1 is 1.38 bits per heavy atom. The van der Waals surface area contributed by atoms with E-state index in [1.54, 1.807) is 0 Å². The van der Waals surface area contributed by atoms with Crippen LogP contribution in [0.1, 0.15) is 17.5 Å². The van der Waals surface area contributed by atoms with Gasteiger partial charge in [0.15, 0.2) is 0 Å². The van der Waals surface area contributed by atoms with E-state index in [4.69, 9.17) is 5.73 Å². The van der Waals surface area contributed by atoms with E-state index >= 15 is 0 Å². The Bertz CT molecular complexity index is 367. The predicted octanol–water partition coefficient (Wildman–Crippen LogP) is 0.754. The van der Waals surface area contributed by atoms with Gasteiger partial charge in [0.25, 0.3) is 0 Å². The summed E-state index contributed by atoms with van der Waals surface area (Å²) < 4.78 is 0. The monoisotopic (exact) mass is 220 g/mol. The summed E-state index contributed by atoms with van der Waals surface area (Å²) in [4.78, 5) is 2.17. The van der Waals surface area contributed by atoms with Crippen LogP contribution in [0.3, 0.4) is 0 Å². The largest absolute Gasteiger partial charge is 0.388 e. The lowest BCUT2D eigenvalue weighted by molar-refractivity contribution is 0.0521. The molecule has 0 aromatic heterocycles.